The minimum absolute atomic E-state index is 0.253. The number of pyridine rings is 1. The van der Waals surface area contributed by atoms with Crippen molar-refractivity contribution in [3.8, 4) is 16.9 Å². The Morgan fingerprint density at radius 3 is 2.88 bits per heavy atom. The number of benzene rings is 1. The Hall–Kier alpha value is -4.01. The zero-order valence-electron chi connectivity index (χ0n) is 18.3. The van der Waals surface area contributed by atoms with E-state index in [1.165, 1.54) is 6.07 Å². The van der Waals surface area contributed by atoms with E-state index in [2.05, 4.69) is 49.8 Å². The van der Waals surface area contributed by atoms with Crippen LogP contribution in [-0.4, -0.2) is 35.6 Å². The lowest BCUT2D eigenvalue weighted by Gasteiger charge is -2.13. The highest BCUT2D eigenvalue weighted by atomic mass is 19.1. The number of anilines is 1. The number of nitrogens with zero attached hydrogens (tertiary/aromatic N) is 6. The van der Waals surface area contributed by atoms with E-state index < -0.39 is 0 Å². The van der Waals surface area contributed by atoms with Crippen molar-refractivity contribution in [1.29, 1.82) is 0 Å². The minimum Gasteiger partial charge on any atom is -0.493 e. The molecule has 0 spiro atoms. The molecule has 9 heteroatoms. The van der Waals surface area contributed by atoms with Crippen LogP contribution in [0, 0.1) is 12.7 Å². The van der Waals surface area contributed by atoms with E-state index in [4.69, 9.17) is 4.74 Å². The Morgan fingerprint density at radius 2 is 2.00 bits per heavy atom. The fourth-order valence-electron chi connectivity index (χ4n) is 4.60. The predicted molar refractivity (Wildman–Crippen MR) is 122 cm³/mol. The van der Waals surface area contributed by atoms with Crippen LogP contribution in [-0.2, 0) is 19.4 Å². The van der Waals surface area contributed by atoms with Gasteiger partial charge in [-0.1, -0.05) is 6.92 Å². The maximum absolute atomic E-state index is 14.5. The number of nitrogens with one attached hydrogen (secondary N) is 1. The summed E-state index contributed by atoms with van der Waals surface area (Å²) < 4.78 is 24.1. The van der Waals surface area contributed by atoms with Crippen LogP contribution < -0.4 is 10.1 Å². The summed E-state index contributed by atoms with van der Waals surface area (Å²) in [5.74, 6) is 1.03. The van der Waals surface area contributed by atoms with Crippen molar-refractivity contribution in [1.82, 2.24) is 29.0 Å². The van der Waals surface area contributed by atoms with Crippen molar-refractivity contribution < 1.29 is 9.13 Å². The van der Waals surface area contributed by atoms with Crippen molar-refractivity contribution in [2.45, 2.75) is 33.2 Å². The summed E-state index contributed by atoms with van der Waals surface area (Å²) in [6.07, 6.45) is 6.88. The third-order valence-electron chi connectivity index (χ3n) is 6.27. The second kappa shape index (κ2) is 7.54. The second-order valence-electron chi connectivity index (χ2n) is 8.13. The molecule has 5 aromatic rings. The first-order valence-electron chi connectivity index (χ1n) is 11.0. The monoisotopic (exact) mass is 443 g/mol. The highest BCUT2D eigenvalue weighted by Gasteiger charge is 2.21. The molecule has 33 heavy (non-hydrogen) atoms. The molecule has 0 amide bonds. The minimum atomic E-state index is -0.253. The van der Waals surface area contributed by atoms with Gasteiger partial charge in [-0.05, 0) is 37.6 Å². The lowest BCUT2D eigenvalue weighted by Crippen LogP contribution is -2.10. The number of ether oxygens (including phenoxy) is 1. The van der Waals surface area contributed by atoms with Crippen molar-refractivity contribution in [3.05, 3.63) is 71.3 Å². The fraction of sp³-hybridized carbons (Fsp3) is 0.250. The molecule has 0 saturated carbocycles. The zero-order chi connectivity index (χ0) is 22.5. The predicted octanol–water partition coefficient (Wildman–Crippen LogP) is 4.00. The lowest BCUT2D eigenvalue weighted by atomic mass is 10.0. The average molecular weight is 443 g/mol. The molecule has 0 atom stereocenters. The van der Waals surface area contributed by atoms with Crippen molar-refractivity contribution >= 4 is 17.2 Å². The van der Waals surface area contributed by atoms with Gasteiger partial charge >= 0.3 is 0 Å². The van der Waals surface area contributed by atoms with Gasteiger partial charge in [0.15, 0.2) is 5.65 Å². The van der Waals surface area contributed by atoms with Crippen LogP contribution in [0.2, 0.25) is 0 Å². The molecule has 0 radical (unpaired) electrons. The summed E-state index contributed by atoms with van der Waals surface area (Å²) in [4.78, 5) is 9.30. The van der Waals surface area contributed by atoms with Crippen LogP contribution in [0.4, 0.5) is 10.3 Å². The van der Waals surface area contributed by atoms with Gasteiger partial charge in [-0.3, -0.25) is 4.40 Å². The van der Waals surface area contributed by atoms with Gasteiger partial charge in [0.1, 0.15) is 23.5 Å². The molecule has 1 aliphatic heterocycles. The summed E-state index contributed by atoms with van der Waals surface area (Å²) in [6.45, 7) is 5.05. The maximum atomic E-state index is 14.5. The van der Waals surface area contributed by atoms with E-state index >= 15 is 0 Å². The van der Waals surface area contributed by atoms with Crippen LogP contribution in [0.25, 0.3) is 22.4 Å². The van der Waals surface area contributed by atoms with Gasteiger partial charge < -0.3 is 14.5 Å². The molecule has 0 aliphatic carbocycles. The van der Waals surface area contributed by atoms with E-state index in [0.29, 0.717) is 30.2 Å². The van der Waals surface area contributed by atoms with Gasteiger partial charge in [-0.25, -0.2) is 14.4 Å². The van der Waals surface area contributed by atoms with Crippen molar-refractivity contribution in [2.24, 2.45) is 0 Å². The number of hydrogen-bond acceptors (Lipinski definition) is 6. The van der Waals surface area contributed by atoms with Crippen LogP contribution in [0.15, 0.2) is 43.0 Å². The van der Waals surface area contributed by atoms with Crippen molar-refractivity contribution in [2.75, 3.05) is 11.9 Å². The highest BCUT2D eigenvalue weighted by molar-refractivity contribution is 5.86. The first-order valence-corrected chi connectivity index (χ1v) is 11.0. The molecule has 0 fully saturated rings. The molecule has 4 aromatic heterocycles. The Labute approximate surface area is 189 Å². The lowest BCUT2D eigenvalue weighted by molar-refractivity contribution is 0.356. The number of aryl methyl sites for hydroxylation is 2. The number of halogens is 1. The molecule has 0 bridgehead atoms. The summed E-state index contributed by atoms with van der Waals surface area (Å²) >= 11 is 0. The standard InChI is InChI=1S/C24H22FN7O/c1-3-15-10-26-22-17(5-4-14(2)32(15)22)19-12-28-24(31-13-29-30-23(19)31)27-11-18-16-8-9-33-21(16)7-6-20(18)25/h4-7,10,12-13H,3,8-9,11H2,1-2H3,(H,27,28). The second-order valence-corrected chi connectivity index (χ2v) is 8.13. The van der Waals surface area contributed by atoms with Gasteiger partial charge in [0.25, 0.3) is 0 Å². The van der Waals surface area contributed by atoms with Crippen LogP contribution in [0.5, 0.6) is 5.75 Å². The largest absolute Gasteiger partial charge is 0.493 e. The first-order chi connectivity index (χ1) is 16.2. The molecule has 1 N–H and O–H groups in total. The highest BCUT2D eigenvalue weighted by Crippen LogP contribution is 2.32. The van der Waals surface area contributed by atoms with E-state index in [9.17, 15) is 4.39 Å². The number of aromatic nitrogens is 6. The molecule has 166 valence electrons. The summed E-state index contributed by atoms with van der Waals surface area (Å²) in [7, 11) is 0. The summed E-state index contributed by atoms with van der Waals surface area (Å²) in [5.41, 5.74) is 7.05. The number of fused-ring (bicyclic) bond motifs is 3. The fourth-order valence-corrected chi connectivity index (χ4v) is 4.60. The van der Waals surface area contributed by atoms with E-state index in [1.807, 2.05) is 12.3 Å². The molecule has 1 aliphatic rings. The van der Waals surface area contributed by atoms with Crippen LogP contribution in [0.1, 0.15) is 29.4 Å². The van der Waals surface area contributed by atoms with Gasteiger partial charge in [-0.2, -0.15) is 0 Å². The Bertz CT molecular complexity index is 1520. The number of imidazole rings is 1. The average Bonchev–Trinajstić information content (AvgIpc) is 3.58. The Balaban J connectivity index is 1.40. The molecular weight excluding hydrogens is 421 g/mol. The first kappa shape index (κ1) is 19.7. The third-order valence-corrected chi connectivity index (χ3v) is 6.27. The van der Waals surface area contributed by atoms with Crippen LogP contribution >= 0.6 is 0 Å². The van der Waals surface area contributed by atoms with Gasteiger partial charge in [0.2, 0.25) is 5.95 Å². The zero-order valence-corrected chi connectivity index (χ0v) is 18.3. The van der Waals surface area contributed by atoms with Gasteiger partial charge in [0.05, 0.1) is 6.61 Å². The maximum Gasteiger partial charge on any atom is 0.210 e. The van der Waals surface area contributed by atoms with Gasteiger partial charge in [-0.15, -0.1) is 10.2 Å². The van der Waals surface area contributed by atoms with Crippen molar-refractivity contribution in [3.63, 3.8) is 0 Å². The van der Waals surface area contributed by atoms with E-state index in [-0.39, 0.29) is 12.4 Å². The topological polar surface area (TPSA) is 81.6 Å². The molecule has 0 saturated heterocycles. The third kappa shape index (κ3) is 3.03. The SMILES string of the molecule is CCc1cnc2c(-c3cnc(NCc4c(F)ccc5c4CCO5)n4cnnc34)ccc(C)n12. The summed E-state index contributed by atoms with van der Waals surface area (Å²) in [6, 6.07) is 7.25. The van der Waals surface area contributed by atoms with Gasteiger partial charge in [0, 0.05) is 59.0 Å². The van der Waals surface area contributed by atoms with Crippen LogP contribution in [0.3, 0.4) is 0 Å². The Morgan fingerprint density at radius 1 is 1.09 bits per heavy atom. The molecule has 8 nitrogen and oxygen atoms in total. The number of hydrogen-bond donors (Lipinski definition) is 1. The molecule has 0 unspecified atom stereocenters. The quantitative estimate of drug-likeness (QED) is 0.442. The smallest absolute Gasteiger partial charge is 0.210 e. The molecular formula is C24H22FN7O. The normalized spacial score (nSPS) is 12.9. The molecule has 1 aromatic carbocycles. The molecule has 6 rings (SSSR count). The number of rotatable bonds is 5. The summed E-state index contributed by atoms with van der Waals surface area (Å²) in [5, 5.41) is 11.7. The van der Waals surface area contributed by atoms with E-state index in [1.54, 1.807) is 23.0 Å². The molecule has 5 heterocycles. The van der Waals surface area contributed by atoms with E-state index in [0.717, 1.165) is 45.9 Å². The Kier molecular flexibility index (Phi) is 4.49.